The summed E-state index contributed by atoms with van der Waals surface area (Å²) in [5.74, 6) is 0.961. The molecular formula is C17H21NO3S. The van der Waals surface area contributed by atoms with E-state index < -0.39 is 5.60 Å². The number of furan rings is 1. The van der Waals surface area contributed by atoms with Crippen molar-refractivity contribution in [1.29, 1.82) is 0 Å². The van der Waals surface area contributed by atoms with Crippen molar-refractivity contribution in [2.24, 2.45) is 5.92 Å². The first kappa shape index (κ1) is 15.3. The number of aliphatic hydroxyl groups is 1. The molecule has 0 spiro atoms. The molecule has 1 saturated carbocycles. The van der Waals surface area contributed by atoms with Crippen LogP contribution in [0.15, 0.2) is 40.3 Å². The van der Waals surface area contributed by atoms with Gasteiger partial charge in [0.15, 0.2) is 5.60 Å². The molecule has 5 heteroatoms. The van der Waals surface area contributed by atoms with Crippen LogP contribution < -0.4 is 5.32 Å². The van der Waals surface area contributed by atoms with Crippen molar-refractivity contribution in [1.82, 2.24) is 5.32 Å². The normalized spacial score (nSPS) is 18.2. The van der Waals surface area contributed by atoms with Gasteiger partial charge < -0.3 is 14.8 Å². The summed E-state index contributed by atoms with van der Waals surface area (Å²) >= 11 is 1.45. The lowest BCUT2D eigenvalue weighted by molar-refractivity contribution is -0.123. The summed E-state index contributed by atoms with van der Waals surface area (Å²) in [6.07, 6.45) is 6.82. The number of rotatable bonds is 6. The van der Waals surface area contributed by atoms with Crippen molar-refractivity contribution in [2.45, 2.75) is 37.7 Å². The van der Waals surface area contributed by atoms with Gasteiger partial charge in [0.1, 0.15) is 5.76 Å². The zero-order valence-electron chi connectivity index (χ0n) is 12.5. The molecule has 4 nitrogen and oxygen atoms in total. The standard InChI is InChI=1S/C17H21NO3S/c19-16(11-13-5-1-2-6-13)18-12-17(20,14-7-3-9-21-14)15-8-4-10-22-15/h3-4,7-10,13,20H,1-2,5-6,11-12H2,(H,18,19). The molecule has 0 aliphatic heterocycles. The van der Waals surface area contributed by atoms with Crippen LogP contribution in [0.3, 0.4) is 0 Å². The number of nitrogens with one attached hydrogen (secondary N) is 1. The number of amides is 1. The minimum Gasteiger partial charge on any atom is -0.466 e. The summed E-state index contributed by atoms with van der Waals surface area (Å²) in [6.45, 7) is 0.132. The molecule has 0 radical (unpaired) electrons. The molecule has 1 amide bonds. The molecule has 2 aromatic heterocycles. The average molecular weight is 319 g/mol. The van der Waals surface area contributed by atoms with Gasteiger partial charge in [-0.3, -0.25) is 4.79 Å². The fraction of sp³-hybridized carbons (Fsp3) is 0.471. The van der Waals surface area contributed by atoms with Crippen LogP contribution in [0.2, 0.25) is 0 Å². The SMILES string of the molecule is O=C(CC1CCCC1)NCC(O)(c1ccco1)c1cccs1. The summed E-state index contributed by atoms with van der Waals surface area (Å²) in [5.41, 5.74) is -1.30. The molecule has 22 heavy (non-hydrogen) atoms. The quantitative estimate of drug-likeness (QED) is 0.859. The van der Waals surface area contributed by atoms with Gasteiger partial charge >= 0.3 is 0 Å². The third-order valence-electron chi connectivity index (χ3n) is 4.35. The van der Waals surface area contributed by atoms with E-state index in [4.69, 9.17) is 4.42 Å². The molecular weight excluding hydrogens is 298 g/mol. The van der Waals surface area contributed by atoms with E-state index in [0.717, 1.165) is 17.7 Å². The van der Waals surface area contributed by atoms with Crippen LogP contribution in [-0.2, 0) is 10.4 Å². The highest BCUT2D eigenvalue weighted by atomic mass is 32.1. The van der Waals surface area contributed by atoms with Gasteiger partial charge in [-0.25, -0.2) is 0 Å². The Hall–Kier alpha value is -1.59. The Balaban J connectivity index is 1.67. The summed E-state index contributed by atoms with van der Waals surface area (Å²) in [6, 6.07) is 7.22. The van der Waals surface area contributed by atoms with E-state index in [1.54, 1.807) is 12.1 Å². The van der Waals surface area contributed by atoms with Crippen molar-refractivity contribution in [2.75, 3.05) is 6.54 Å². The fourth-order valence-corrected chi connectivity index (χ4v) is 3.93. The van der Waals surface area contributed by atoms with E-state index in [2.05, 4.69) is 5.32 Å². The summed E-state index contributed by atoms with van der Waals surface area (Å²) in [5, 5.41) is 15.8. The molecule has 0 bridgehead atoms. The van der Waals surface area contributed by atoms with Gasteiger partial charge in [0.05, 0.1) is 12.8 Å². The first-order valence-corrected chi connectivity index (χ1v) is 8.63. The van der Waals surface area contributed by atoms with E-state index in [9.17, 15) is 9.90 Å². The van der Waals surface area contributed by atoms with Crippen LogP contribution in [0.25, 0.3) is 0 Å². The van der Waals surface area contributed by atoms with Gasteiger partial charge in [-0.1, -0.05) is 18.9 Å². The minimum atomic E-state index is -1.30. The number of carbonyl (C=O) groups excluding carboxylic acids is 1. The zero-order chi connectivity index (χ0) is 15.4. The molecule has 118 valence electrons. The lowest BCUT2D eigenvalue weighted by Gasteiger charge is -2.25. The first-order valence-electron chi connectivity index (χ1n) is 7.75. The maximum absolute atomic E-state index is 12.1. The summed E-state index contributed by atoms with van der Waals surface area (Å²) < 4.78 is 5.39. The number of thiophene rings is 1. The van der Waals surface area contributed by atoms with Crippen LogP contribution in [-0.4, -0.2) is 17.6 Å². The Morgan fingerprint density at radius 1 is 1.36 bits per heavy atom. The van der Waals surface area contributed by atoms with Crippen LogP contribution in [0, 0.1) is 5.92 Å². The Morgan fingerprint density at radius 3 is 2.82 bits per heavy atom. The van der Waals surface area contributed by atoms with E-state index >= 15 is 0 Å². The van der Waals surface area contributed by atoms with Crippen molar-refractivity contribution in [3.63, 3.8) is 0 Å². The summed E-state index contributed by atoms with van der Waals surface area (Å²) in [4.78, 5) is 12.9. The maximum atomic E-state index is 12.1. The van der Waals surface area contributed by atoms with E-state index in [1.165, 1.54) is 30.4 Å². The van der Waals surface area contributed by atoms with Gasteiger partial charge in [-0.05, 0) is 42.3 Å². The lowest BCUT2D eigenvalue weighted by atomic mass is 9.98. The Morgan fingerprint density at radius 2 is 2.18 bits per heavy atom. The number of hydrogen-bond donors (Lipinski definition) is 2. The molecule has 1 aliphatic carbocycles. The molecule has 1 aliphatic rings. The molecule has 1 fully saturated rings. The topological polar surface area (TPSA) is 62.5 Å². The van der Waals surface area contributed by atoms with Gasteiger partial charge in [0, 0.05) is 11.3 Å². The molecule has 1 unspecified atom stereocenters. The number of hydrogen-bond acceptors (Lipinski definition) is 4. The number of carbonyl (C=O) groups is 1. The fourth-order valence-electron chi connectivity index (χ4n) is 3.10. The highest BCUT2D eigenvalue weighted by molar-refractivity contribution is 7.10. The molecule has 2 N–H and O–H groups in total. The second-order valence-electron chi connectivity index (χ2n) is 5.95. The highest BCUT2D eigenvalue weighted by Gasteiger charge is 2.36. The van der Waals surface area contributed by atoms with Gasteiger partial charge in [-0.2, -0.15) is 0 Å². The second kappa shape index (κ2) is 6.67. The van der Waals surface area contributed by atoms with Crippen LogP contribution in [0.1, 0.15) is 42.7 Å². The first-order chi connectivity index (χ1) is 10.7. The van der Waals surface area contributed by atoms with Crippen molar-refractivity contribution in [3.8, 4) is 0 Å². The van der Waals surface area contributed by atoms with E-state index in [0.29, 0.717) is 18.1 Å². The van der Waals surface area contributed by atoms with Crippen molar-refractivity contribution >= 4 is 17.2 Å². The molecule has 0 saturated heterocycles. The predicted octanol–water partition coefficient (Wildman–Crippen LogP) is 3.27. The minimum absolute atomic E-state index is 0.00781. The Kier molecular flexibility index (Phi) is 4.64. The molecule has 0 aromatic carbocycles. The summed E-state index contributed by atoms with van der Waals surface area (Å²) in [7, 11) is 0. The third-order valence-corrected chi connectivity index (χ3v) is 5.37. The van der Waals surface area contributed by atoms with Gasteiger partial charge in [0.2, 0.25) is 5.91 Å². The maximum Gasteiger partial charge on any atom is 0.220 e. The highest BCUT2D eigenvalue weighted by Crippen LogP contribution is 2.33. The second-order valence-corrected chi connectivity index (χ2v) is 6.89. The van der Waals surface area contributed by atoms with Crippen LogP contribution >= 0.6 is 11.3 Å². The Bertz CT molecular complexity index is 551. The van der Waals surface area contributed by atoms with Crippen LogP contribution in [0.4, 0.5) is 0 Å². The average Bonchev–Trinajstić information content (AvgIpc) is 3.26. The third kappa shape index (κ3) is 3.25. The van der Waals surface area contributed by atoms with Gasteiger partial charge in [-0.15, -0.1) is 11.3 Å². The lowest BCUT2D eigenvalue weighted by Crippen LogP contribution is -2.41. The monoisotopic (exact) mass is 319 g/mol. The largest absolute Gasteiger partial charge is 0.466 e. The zero-order valence-corrected chi connectivity index (χ0v) is 13.3. The molecule has 2 aromatic rings. The predicted molar refractivity (Wildman–Crippen MR) is 85.6 cm³/mol. The van der Waals surface area contributed by atoms with Crippen LogP contribution in [0.5, 0.6) is 0 Å². The molecule has 1 atom stereocenters. The Labute approximate surface area is 134 Å². The molecule has 2 heterocycles. The van der Waals surface area contributed by atoms with E-state index in [-0.39, 0.29) is 12.5 Å². The van der Waals surface area contributed by atoms with Gasteiger partial charge in [0.25, 0.3) is 0 Å². The van der Waals surface area contributed by atoms with E-state index in [1.807, 2.05) is 17.5 Å². The van der Waals surface area contributed by atoms with Crippen molar-refractivity contribution in [3.05, 3.63) is 46.5 Å². The van der Waals surface area contributed by atoms with Crippen molar-refractivity contribution < 1.29 is 14.3 Å². The molecule has 3 rings (SSSR count). The smallest absolute Gasteiger partial charge is 0.220 e.